The molecule has 164 valence electrons. The van der Waals surface area contributed by atoms with Crippen molar-refractivity contribution in [2.45, 2.75) is 12.5 Å². The van der Waals surface area contributed by atoms with Crippen LogP contribution in [0.1, 0.15) is 6.42 Å². The molecular formula is C22H25FN4O4. The van der Waals surface area contributed by atoms with E-state index in [1.807, 2.05) is 6.07 Å². The number of methoxy groups -OCH3 is 2. The van der Waals surface area contributed by atoms with Gasteiger partial charge in [0, 0.05) is 31.1 Å². The Hall–Kier alpha value is -3.17. The molecule has 2 heterocycles. The van der Waals surface area contributed by atoms with E-state index in [0.29, 0.717) is 36.0 Å². The number of hydrogen-bond donors (Lipinski definition) is 3. The Morgan fingerprint density at radius 1 is 1.16 bits per heavy atom. The maximum atomic E-state index is 13.9. The normalized spacial score (nSPS) is 15.9. The number of benzene rings is 2. The van der Waals surface area contributed by atoms with Crippen molar-refractivity contribution < 1.29 is 23.7 Å². The van der Waals surface area contributed by atoms with Gasteiger partial charge < -0.3 is 30.0 Å². The minimum atomic E-state index is -0.481. The first-order chi connectivity index (χ1) is 15.1. The zero-order valence-electron chi connectivity index (χ0n) is 17.4. The molecule has 3 aromatic rings. The van der Waals surface area contributed by atoms with Crippen LogP contribution >= 0.6 is 0 Å². The van der Waals surface area contributed by atoms with Crippen molar-refractivity contribution in [3.8, 4) is 28.6 Å². The lowest BCUT2D eigenvalue weighted by Crippen LogP contribution is -2.23. The van der Waals surface area contributed by atoms with E-state index in [1.165, 1.54) is 18.2 Å². The first-order valence-corrected chi connectivity index (χ1v) is 10.1. The second-order valence-corrected chi connectivity index (χ2v) is 7.25. The molecule has 1 aliphatic rings. The summed E-state index contributed by atoms with van der Waals surface area (Å²) in [6.45, 7) is 2.52. The Kier molecular flexibility index (Phi) is 6.34. The average Bonchev–Trinajstić information content (AvgIpc) is 3.28. The predicted molar refractivity (Wildman–Crippen MR) is 115 cm³/mol. The van der Waals surface area contributed by atoms with Crippen LogP contribution in [0.5, 0.6) is 17.2 Å². The molecule has 1 aromatic heterocycles. The van der Waals surface area contributed by atoms with Gasteiger partial charge in [-0.1, -0.05) is 0 Å². The lowest BCUT2D eigenvalue weighted by Gasteiger charge is -2.17. The first kappa shape index (κ1) is 21.1. The topological polar surface area (TPSA) is 97.8 Å². The second-order valence-electron chi connectivity index (χ2n) is 7.25. The number of ether oxygens (including phenoxy) is 3. The maximum Gasteiger partial charge on any atom is 0.165 e. The number of phenols is 1. The largest absolute Gasteiger partial charge is 0.507 e. The smallest absolute Gasteiger partial charge is 0.165 e. The minimum Gasteiger partial charge on any atom is -0.507 e. The summed E-state index contributed by atoms with van der Waals surface area (Å²) in [4.78, 5) is 9.21. The molecule has 1 unspecified atom stereocenters. The summed E-state index contributed by atoms with van der Waals surface area (Å²) in [6.07, 6.45) is 0.944. The van der Waals surface area contributed by atoms with E-state index in [9.17, 15) is 9.50 Å². The fourth-order valence-corrected chi connectivity index (χ4v) is 3.53. The van der Waals surface area contributed by atoms with Crippen molar-refractivity contribution in [2.75, 3.05) is 45.8 Å². The highest BCUT2D eigenvalue weighted by molar-refractivity contribution is 5.93. The van der Waals surface area contributed by atoms with Crippen LogP contribution < -0.4 is 20.1 Å². The van der Waals surface area contributed by atoms with Crippen LogP contribution in [0.15, 0.2) is 30.3 Å². The molecule has 8 nitrogen and oxygen atoms in total. The molecule has 1 saturated heterocycles. The summed E-state index contributed by atoms with van der Waals surface area (Å²) in [5.74, 6) is 1.27. The van der Waals surface area contributed by atoms with Crippen molar-refractivity contribution in [1.82, 2.24) is 15.3 Å². The molecule has 9 heteroatoms. The van der Waals surface area contributed by atoms with Crippen molar-refractivity contribution in [1.29, 1.82) is 0 Å². The van der Waals surface area contributed by atoms with Crippen LogP contribution in [0.3, 0.4) is 0 Å². The molecule has 1 atom stereocenters. The highest BCUT2D eigenvalue weighted by atomic mass is 19.1. The number of hydrogen-bond acceptors (Lipinski definition) is 8. The number of nitrogens with one attached hydrogen (secondary N) is 2. The highest BCUT2D eigenvalue weighted by Gasteiger charge is 2.20. The fourth-order valence-electron chi connectivity index (χ4n) is 3.53. The van der Waals surface area contributed by atoms with E-state index in [2.05, 4.69) is 20.6 Å². The first-order valence-electron chi connectivity index (χ1n) is 10.1. The lowest BCUT2D eigenvalue weighted by atomic mass is 10.1. The van der Waals surface area contributed by atoms with E-state index >= 15 is 0 Å². The third kappa shape index (κ3) is 4.62. The Labute approximate surface area is 179 Å². The zero-order valence-corrected chi connectivity index (χ0v) is 17.4. The summed E-state index contributed by atoms with van der Waals surface area (Å²) >= 11 is 0. The van der Waals surface area contributed by atoms with Crippen LogP contribution in [0.2, 0.25) is 0 Å². The van der Waals surface area contributed by atoms with E-state index in [4.69, 9.17) is 14.2 Å². The number of anilines is 1. The number of halogens is 1. The van der Waals surface area contributed by atoms with Gasteiger partial charge in [0.05, 0.1) is 24.8 Å². The molecule has 0 spiro atoms. The van der Waals surface area contributed by atoms with Gasteiger partial charge in [0.25, 0.3) is 0 Å². The van der Waals surface area contributed by atoms with Crippen LogP contribution in [0.25, 0.3) is 22.3 Å². The summed E-state index contributed by atoms with van der Waals surface area (Å²) in [6, 6.07) is 7.46. The third-order valence-electron chi connectivity index (χ3n) is 5.13. The van der Waals surface area contributed by atoms with Gasteiger partial charge in [-0.05, 0) is 37.2 Å². The molecule has 31 heavy (non-hydrogen) atoms. The van der Waals surface area contributed by atoms with E-state index in [0.717, 1.165) is 24.9 Å². The Bertz CT molecular complexity index is 1070. The quantitative estimate of drug-likeness (QED) is 0.471. The van der Waals surface area contributed by atoms with E-state index in [-0.39, 0.29) is 23.2 Å². The highest BCUT2D eigenvalue weighted by Crippen LogP contribution is 2.37. The van der Waals surface area contributed by atoms with Gasteiger partial charge >= 0.3 is 0 Å². The fraction of sp³-hybridized carbons (Fsp3) is 0.364. The van der Waals surface area contributed by atoms with Gasteiger partial charge in [-0.25, -0.2) is 14.4 Å². The number of rotatable bonds is 8. The Balaban J connectivity index is 1.84. The van der Waals surface area contributed by atoms with Crippen molar-refractivity contribution in [3.63, 3.8) is 0 Å². The van der Waals surface area contributed by atoms with Gasteiger partial charge in [-0.3, -0.25) is 0 Å². The number of phenolic OH excluding ortho intramolecular Hbond substituents is 1. The van der Waals surface area contributed by atoms with E-state index < -0.39 is 5.82 Å². The summed E-state index contributed by atoms with van der Waals surface area (Å²) < 4.78 is 30.2. The van der Waals surface area contributed by atoms with Gasteiger partial charge in [0.1, 0.15) is 24.0 Å². The minimum absolute atomic E-state index is 0.0966. The van der Waals surface area contributed by atoms with Crippen molar-refractivity contribution in [3.05, 3.63) is 36.1 Å². The average molecular weight is 428 g/mol. The molecule has 1 fully saturated rings. The van der Waals surface area contributed by atoms with Crippen LogP contribution in [0, 0.1) is 5.82 Å². The van der Waals surface area contributed by atoms with Gasteiger partial charge in [-0.15, -0.1) is 0 Å². The van der Waals surface area contributed by atoms with Crippen LogP contribution in [-0.2, 0) is 4.74 Å². The Morgan fingerprint density at radius 3 is 2.77 bits per heavy atom. The molecular weight excluding hydrogens is 403 g/mol. The van der Waals surface area contributed by atoms with Crippen molar-refractivity contribution in [2.24, 2.45) is 0 Å². The molecule has 3 N–H and O–H groups in total. The van der Waals surface area contributed by atoms with Gasteiger partial charge in [-0.2, -0.15) is 0 Å². The SMILES string of the molecule is COCCOc1cc2c(NC3CCNC3)nc(-c3cc(F)ccc3O)nc2cc1OC. The summed E-state index contributed by atoms with van der Waals surface area (Å²) in [5.41, 5.74) is 0.798. The molecule has 1 aliphatic heterocycles. The van der Waals surface area contributed by atoms with E-state index in [1.54, 1.807) is 20.3 Å². The van der Waals surface area contributed by atoms with Gasteiger partial charge in [0.15, 0.2) is 17.3 Å². The molecule has 0 aliphatic carbocycles. The van der Waals surface area contributed by atoms with Crippen molar-refractivity contribution >= 4 is 16.7 Å². The number of aromatic hydroxyl groups is 1. The monoisotopic (exact) mass is 428 g/mol. The summed E-state index contributed by atoms with van der Waals surface area (Å²) in [5, 5.41) is 17.8. The summed E-state index contributed by atoms with van der Waals surface area (Å²) in [7, 11) is 3.16. The molecule has 0 amide bonds. The molecule has 2 aromatic carbocycles. The Morgan fingerprint density at radius 2 is 2.03 bits per heavy atom. The predicted octanol–water partition coefficient (Wildman–Crippen LogP) is 2.95. The number of nitrogens with zero attached hydrogens (tertiary/aromatic N) is 2. The number of fused-ring (bicyclic) bond motifs is 1. The second kappa shape index (κ2) is 9.32. The molecule has 0 radical (unpaired) electrons. The molecule has 0 bridgehead atoms. The molecule has 4 rings (SSSR count). The van der Waals surface area contributed by atoms with Gasteiger partial charge in [0.2, 0.25) is 0 Å². The number of aromatic nitrogens is 2. The molecule has 0 saturated carbocycles. The standard InChI is InChI=1S/C22H25FN4O4/c1-29-7-8-31-20-10-15-17(11-19(20)30-2)26-22(16-9-13(23)3-4-18(16)28)27-21(15)25-14-5-6-24-12-14/h3-4,9-11,14,24,28H,5-8,12H2,1-2H3,(H,25,26,27). The van der Waals surface area contributed by atoms with Crippen LogP contribution in [-0.4, -0.2) is 61.6 Å². The lowest BCUT2D eigenvalue weighted by molar-refractivity contribution is 0.144. The third-order valence-corrected chi connectivity index (χ3v) is 5.13. The van der Waals surface area contributed by atoms with Crippen LogP contribution in [0.4, 0.5) is 10.2 Å². The zero-order chi connectivity index (χ0) is 21.8. The maximum absolute atomic E-state index is 13.9.